The first-order valence-corrected chi connectivity index (χ1v) is 9.33. The fourth-order valence-electron chi connectivity index (χ4n) is 3.96. The third-order valence-corrected chi connectivity index (χ3v) is 5.29. The van der Waals surface area contributed by atoms with Gasteiger partial charge in [-0.1, -0.05) is 90.9 Å². The Balaban J connectivity index is 2.36. The van der Waals surface area contributed by atoms with Crippen molar-refractivity contribution in [2.24, 2.45) is 5.41 Å². The van der Waals surface area contributed by atoms with Crippen molar-refractivity contribution in [1.82, 2.24) is 0 Å². The molecular weight excluding hydrogens is 228 g/mol. The predicted octanol–water partition coefficient (Wildman–Crippen LogP) is 7.27. The number of hydrogen-bond donors (Lipinski definition) is 0. The maximum Gasteiger partial charge on any atom is -0.0297 e. The average Bonchev–Trinajstić information content (AvgIpc) is 2.66. The van der Waals surface area contributed by atoms with E-state index in [0.29, 0.717) is 0 Å². The zero-order chi connectivity index (χ0) is 13.8. The molecule has 0 aliphatic heterocycles. The summed E-state index contributed by atoms with van der Waals surface area (Å²) in [6.45, 7) is 4.65. The molecule has 0 bridgehead atoms. The molecule has 0 saturated heterocycles. The molecule has 0 aromatic rings. The molecule has 0 heteroatoms. The van der Waals surface area contributed by atoms with Gasteiger partial charge >= 0.3 is 0 Å². The van der Waals surface area contributed by atoms with E-state index < -0.39 is 0 Å². The summed E-state index contributed by atoms with van der Waals surface area (Å²) < 4.78 is 0. The second kappa shape index (κ2) is 10.7. The normalized spacial score (nSPS) is 19.3. The summed E-state index contributed by atoms with van der Waals surface area (Å²) in [5.41, 5.74) is 0.762. The first-order chi connectivity index (χ1) is 9.33. The van der Waals surface area contributed by atoms with Crippen molar-refractivity contribution in [3.8, 4) is 0 Å². The Morgan fingerprint density at radius 3 is 1.47 bits per heavy atom. The highest BCUT2D eigenvalue weighted by molar-refractivity contribution is 4.81. The smallest absolute Gasteiger partial charge is 0.0297 e. The van der Waals surface area contributed by atoms with Gasteiger partial charge in [-0.3, -0.25) is 0 Å². The second-order valence-electron chi connectivity index (χ2n) is 7.04. The third-order valence-electron chi connectivity index (χ3n) is 5.29. The van der Waals surface area contributed by atoms with E-state index in [4.69, 9.17) is 0 Å². The zero-order valence-electron chi connectivity index (χ0n) is 13.8. The van der Waals surface area contributed by atoms with Gasteiger partial charge in [0, 0.05) is 0 Å². The van der Waals surface area contributed by atoms with E-state index >= 15 is 0 Å². The van der Waals surface area contributed by atoms with Crippen molar-refractivity contribution in [1.29, 1.82) is 0 Å². The molecular formula is C19H38. The van der Waals surface area contributed by atoms with Crippen LogP contribution in [0.1, 0.15) is 117 Å². The zero-order valence-corrected chi connectivity index (χ0v) is 13.8. The van der Waals surface area contributed by atoms with E-state index in [-0.39, 0.29) is 0 Å². The van der Waals surface area contributed by atoms with E-state index in [1.54, 1.807) is 25.7 Å². The van der Waals surface area contributed by atoms with Gasteiger partial charge in [0.1, 0.15) is 0 Å². The van der Waals surface area contributed by atoms with Gasteiger partial charge in [0.2, 0.25) is 0 Å². The fourth-order valence-corrected chi connectivity index (χ4v) is 3.96. The Bertz CT molecular complexity index is 172. The van der Waals surface area contributed by atoms with Crippen molar-refractivity contribution in [3.63, 3.8) is 0 Å². The van der Waals surface area contributed by atoms with E-state index in [2.05, 4.69) is 13.8 Å². The molecule has 0 radical (unpaired) electrons. The van der Waals surface area contributed by atoms with Crippen molar-refractivity contribution >= 4 is 0 Å². The monoisotopic (exact) mass is 266 g/mol. The molecule has 114 valence electrons. The van der Waals surface area contributed by atoms with Crippen LogP contribution in [0.4, 0.5) is 0 Å². The summed E-state index contributed by atoms with van der Waals surface area (Å²) in [7, 11) is 0. The second-order valence-corrected chi connectivity index (χ2v) is 7.04. The van der Waals surface area contributed by atoms with Gasteiger partial charge < -0.3 is 0 Å². The first kappa shape index (κ1) is 17.1. The lowest BCUT2D eigenvalue weighted by atomic mass is 9.72. The van der Waals surface area contributed by atoms with Crippen LogP contribution in [0.5, 0.6) is 0 Å². The summed E-state index contributed by atoms with van der Waals surface area (Å²) in [6, 6.07) is 0. The standard InChI is InChI=1S/C19H38/c1-3-5-7-11-15-19(16-12-8-6-4-2)17-13-9-10-14-18-19/h3-18H2,1-2H3. The highest BCUT2D eigenvalue weighted by atomic mass is 14.3. The van der Waals surface area contributed by atoms with Crippen LogP contribution in [0, 0.1) is 5.41 Å². The molecule has 0 nitrogen and oxygen atoms in total. The number of rotatable bonds is 10. The van der Waals surface area contributed by atoms with Crippen LogP contribution < -0.4 is 0 Å². The molecule has 1 saturated carbocycles. The van der Waals surface area contributed by atoms with Crippen LogP contribution in [0.3, 0.4) is 0 Å². The highest BCUT2D eigenvalue weighted by Crippen LogP contribution is 2.43. The molecule has 0 aromatic heterocycles. The minimum atomic E-state index is 0.762. The molecule has 0 aromatic carbocycles. The Kier molecular flexibility index (Phi) is 9.65. The number of unbranched alkanes of at least 4 members (excludes halogenated alkanes) is 6. The molecule has 19 heavy (non-hydrogen) atoms. The van der Waals surface area contributed by atoms with Gasteiger partial charge in [0.05, 0.1) is 0 Å². The minimum absolute atomic E-state index is 0.762. The third kappa shape index (κ3) is 7.37. The summed E-state index contributed by atoms with van der Waals surface area (Å²) in [6.07, 6.45) is 23.8. The van der Waals surface area contributed by atoms with Crippen LogP contribution in [0.25, 0.3) is 0 Å². The molecule has 1 fully saturated rings. The Hall–Kier alpha value is 0. The van der Waals surface area contributed by atoms with Gasteiger partial charge in [0.25, 0.3) is 0 Å². The molecule has 1 aliphatic rings. The predicted molar refractivity (Wildman–Crippen MR) is 87.7 cm³/mol. The highest BCUT2D eigenvalue weighted by Gasteiger charge is 2.29. The Morgan fingerprint density at radius 1 is 0.579 bits per heavy atom. The summed E-state index contributed by atoms with van der Waals surface area (Å²) in [4.78, 5) is 0. The molecule has 0 spiro atoms. The van der Waals surface area contributed by atoms with Crippen LogP contribution in [-0.2, 0) is 0 Å². The van der Waals surface area contributed by atoms with Crippen LogP contribution in [0.15, 0.2) is 0 Å². The lowest BCUT2D eigenvalue weighted by molar-refractivity contribution is 0.188. The van der Waals surface area contributed by atoms with Crippen LogP contribution in [-0.4, -0.2) is 0 Å². The SMILES string of the molecule is CCCCCCC1(CCCCCC)CCCCCC1. The van der Waals surface area contributed by atoms with Crippen LogP contribution >= 0.6 is 0 Å². The summed E-state index contributed by atoms with van der Waals surface area (Å²) >= 11 is 0. The average molecular weight is 267 g/mol. The fraction of sp³-hybridized carbons (Fsp3) is 1.00. The van der Waals surface area contributed by atoms with E-state index in [1.807, 2.05) is 0 Å². The minimum Gasteiger partial charge on any atom is -0.0654 e. The van der Waals surface area contributed by atoms with E-state index in [9.17, 15) is 0 Å². The molecule has 1 rings (SSSR count). The van der Waals surface area contributed by atoms with E-state index in [1.165, 1.54) is 77.0 Å². The van der Waals surface area contributed by atoms with Crippen molar-refractivity contribution in [2.45, 2.75) is 117 Å². The first-order valence-electron chi connectivity index (χ1n) is 9.33. The topological polar surface area (TPSA) is 0 Å². The molecule has 1 aliphatic carbocycles. The summed E-state index contributed by atoms with van der Waals surface area (Å²) in [5, 5.41) is 0. The maximum atomic E-state index is 2.33. The van der Waals surface area contributed by atoms with Gasteiger partial charge in [-0.25, -0.2) is 0 Å². The molecule has 0 amide bonds. The molecule has 0 atom stereocenters. The van der Waals surface area contributed by atoms with Crippen LogP contribution in [0.2, 0.25) is 0 Å². The van der Waals surface area contributed by atoms with Gasteiger partial charge in [-0.05, 0) is 31.1 Å². The quantitative estimate of drug-likeness (QED) is 0.288. The lowest BCUT2D eigenvalue weighted by Crippen LogP contribution is -2.20. The number of hydrogen-bond acceptors (Lipinski definition) is 0. The van der Waals surface area contributed by atoms with Crippen molar-refractivity contribution < 1.29 is 0 Å². The maximum absolute atomic E-state index is 2.33. The Labute approximate surface area is 122 Å². The van der Waals surface area contributed by atoms with Gasteiger partial charge in [-0.2, -0.15) is 0 Å². The molecule has 0 heterocycles. The van der Waals surface area contributed by atoms with Gasteiger partial charge in [-0.15, -0.1) is 0 Å². The lowest BCUT2D eigenvalue weighted by Gasteiger charge is -2.33. The summed E-state index contributed by atoms with van der Waals surface area (Å²) in [5.74, 6) is 0. The largest absolute Gasteiger partial charge is 0.0654 e. The van der Waals surface area contributed by atoms with Crippen molar-refractivity contribution in [3.05, 3.63) is 0 Å². The molecule has 0 unspecified atom stereocenters. The Morgan fingerprint density at radius 2 is 1.05 bits per heavy atom. The van der Waals surface area contributed by atoms with E-state index in [0.717, 1.165) is 5.41 Å². The van der Waals surface area contributed by atoms with Crippen molar-refractivity contribution in [2.75, 3.05) is 0 Å². The molecule has 0 N–H and O–H groups in total. The van der Waals surface area contributed by atoms with Gasteiger partial charge in [0.15, 0.2) is 0 Å².